The summed E-state index contributed by atoms with van der Waals surface area (Å²) in [6.07, 6.45) is 9.32. The highest BCUT2D eigenvalue weighted by atomic mass is 15.2. The van der Waals surface area contributed by atoms with Gasteiger partial charge in [-0.25, -0.2) is 0 Å². The standard InChI is InChI=1S/C115H80N2/c1-113(2)103-63-73(51-57-93(103)95-61-55-83(71-105(95)113)116(109-67-77-27-11-15-35-85(77)89-39-19-23-43-99(89)109)110-68-78-28-12-16-36-86(78)90-40-20-24-44-100(90)110)47-49-75-53-59-97-98-60-54-76(66-108(98)115(107(97)65-75,81-31-7-5-8-32-81)82-33-9-6-10-34-82)50-48-74-52-58-94-96-62-56-84(72-106(96)114(3,4)104(94)64-74)117(111-69-79-29-13-17-37-87(79)91-41-21-25-45-101(91)111)112-70-80-30-14-18-38-88(80)92-42-22-26-46-102(92)112/h5-72H,1-4H3/b49-47+,50-48+. The summed E-state index contributed by atoms with van der Waals surface area (Å²) in [5.74, 6) is 0. The Kier molecular flexibility index (Phi) is 15.3. The molecule has 0 aliphatic heterocycles. The minimum atomic E-state index is -0.609. The lowest BCUT2D eigenvalue weighted by Crippen LogP contribution is -2.28. The summed E-state index contributed by atoms with van der Waals surface area (Å²) in [7, 11) is 0. The van der Waals surface area contributed by atoms with Crippen LogP contribution in [0.2, 0.25) is 0 Å². The molecule has 0 atom stereocenters. The van der Waals surface area contributed by atoms with Crippen LogP contribution in [-0.4, -0.2) is 0 Å². The summed E-state index contributed by atoms with van der Waals surface area (Å²) in [4.78, 5) is 5.10. The van der Waals surface area contributed by atoms with Gasteiger partial charge in [0.2, 0.25) is 0 Å². The quantitative estimate of drug-likeness (QED) is 0.0888. The molecule has 0 heterocycles. The Balaban J connectivity index is 0.580. The molecule has 2 heteroatoms. The van der Waals surface area contributed by atoms with Crippen molar-refractivity contribution in [2.75, 3.05) is 9.80 Å². The fourth-order valence-corrected chi connectivity index (χ4v) is 20.8. The van der Waals surface area contributed by atoms with Gasteiger partial charge in [-0.1, -0.05) is 380 Å². The summed E-state index contributed by atoms with van der Waals surface area (Å²) < 4.78 is 0. The van der Waals surface area contributed by atoms with Crippen molar-refractivity contribution in [2.45, 2.75) is 43.9 Å². The van der Waals surface area contributed by atoms with Crippen LogP contribution >= 0.6 is 0 Å². The van der Waals surface area contributed by atoms with E-state index in [4.69, 9.17) is 0 Å². The highest BCUT2D eigenvalue weighted by Crippen LogP contribution is 2.59. The zero-order valence-corrected chi connectivity index (χ0v) is 65.7. The third-order valence-electron chi connectivity index (χ3n) is 26.4. The molecule has 0 aromatic heterocycles. The molecule has 0 N–H and O–H groups in total. The number of benzene rings is 20. The molecule has 20 aromatic carbocycles. The summed E-state index contributed by atoms with van der Waals surface area (Å²) in [6.45, 7) is 9.67. The van der Waals surface area contributed by atoms with Gasteiger partial charge < -0.3 is 9.80 Å². The van der Waals surface area contributed by atoms with E-state index < -0.39 is 5.41 Å². The number of nitrogens with zero attached hydrogens (tertiary/aromatic N) is 2. The summed E-state index contributed by atoms with van der Waals surface area (Å²) >= 11 is 0. The summed E-state index contributed by atoms with van der Waals surface area (Å²) in [5, 5.41) is 19.7. The van der Waals surface area contributed by atoms with Crippen molar-refractivity contribution >= 4 is 145 Å². The average Bonchev–Trinajstić information content (AvgIpc) is 1.54. The van der Waals surface area contributed by atoms with Crippen LogP contribution in [0.4, 0.5) is 34.1 Å². The van der Waals surface area contributed by atoms with Crippen LogP contribution in [0.3, 0.4) is 0 Å². The Morgan fingerprint density at radius 1 is 0.188 bits per heavy atom. The van der Waals surface area contributed by atoms with Gasteiger partial charge in [0, 0.05) is 43.7 Å². The van der Waals surface area contributed by atoms with Gasteiger partial charge in [-0.3, -0.25) is 0 Å². The monoisotopic (exact) mass is 1490 g/mol. The number of fused-ring (bicyclic) bond motifs is 21. The van der Waals surface area contributed by atoms with E-state index in [-0.39, 0.29) is 10.8 Å². The molecule has 2 nitrogen and oxygen atoms in total. The maximum Gasteiger partial charge on any atom is 0.0713 e. The van der Waals surface area contributed by atoms with Crippen molar-refractivity contribution < 1.29 is 0 Å². The van der Waals surface area contributed by atoms with Crippen LogP contribution in [0, 0.1) is 0 Å². The highest BCUT2D eigenvalue weighted by Gasteiger charge is 2.47. The van der Waals surface area contributed by atoms with Crippen LogP contribution < -0.4 is 9.80 Å². The molecule has 3 aliphatic rings. The molecule has 0 saturated carbocycles. The van der Waals surface area contributed by atoms with E-state index in [1.54, 1.807) is 0 Å². The molecule has 20 aromatic rings. The maximum atomic E-state index is 2.55. The highest BCUT2D eigenvalue weighted by molar-refractivity contribution is 6.21. The van der Waals surface area contributed by atoms with Gasteiger partial charge in [0.1, 0.15) is 0 Å². The third kappa shape index (κ3) is 10.5. The van der Waals surface area contributed by atoms with Gasteiger partial charge >= 0.3 is 0 Å². The van der Waals surface area contributed by atoms with Crippen LogP contribution in [0.5, 0.6) is 0 Å². The second kappa shape index (κ2) is 26.3. The normalized spacial score (nSPS) is 13.9. The molecule has 0 unspecified atom stereocenters. The lowest BCUT2D eigenvalue weighted by atomic mass is 9.67. The zero-order chi connectivity index (χ0) is 77.8. The topological polar surface area (TPSA) is 6.48 Å². The predicted octanol–water partition coefficient (Wildman–Crippen LogP) is 31.2. The van der Waals surface area contributed by atoms with Gasteiger partial charge in [-0.05, 0) is 225 Å². The first-order valence-electron chi connectivity index (χ1n) is 41.1. The van der Waals surface area contributed by atoms with Crippen molar-refractivity contribution in [2.24, 2.45) is 0 Å². The molecule has 3 aliphatic carbocycles. The molecular weight excluding hydrogens is 1410 g/mol. The van der Waals surface area contributed by atoms with E-state index in [2.05, 4.69) is 450 Å². The van der Waals surface area contributed by atoms with Crippen LogP contribution in [0.25, 0.3) is 144 Å². The summed E-state index contributed by atoms with van der Waals surface area (Å²) in [6, 6.07) is 146. The molecule has 0 fully saturated rings. The molecule has 0 radical (unpaired) electrons. The molecule has 23 rings (SSSR count). The zero-order valence-electron chi connectivity index (χ0n) is 65.7. The molecule has 0 saturated heterocycles. The van der Waals surface area contributed by atoms with Crippen LogP contribution in [0.1, 0.15) is 94.5 Å². The van der Waals surface area contributed by atoms with Crippen LogP contribution in [-0.2, 0) is 16.2 Å². The molecule has 550 valence electrons. The van der Waals surface area contributed by atoms with Gasteiger partial charge in [0.15, 0.2) is 0 Å². The lowest BCUT2D eigenvalue weighted by Gasteiger charge is -2.34. The van der Waals surface area contributed by atoms with Crippen molar-refractivity contribution in [3.63, 3.8) is 0 Å². The lowest BCUT2D eigenvalue weighted by molar-refractivity contribution is 0.660. The van der Waals surface area contributed by atoms with Crippen molar-refractivity contribution in [1.29, 1.82) is 0 Å². The van der Waals surface area contributed by atoms with E-state index in [1.807, 2.05) is 0 Å². The van der Waals surface area contributed by atoms with E-state index >= 15 is 0 Å². The first-order valence-corrected chi connectivity index (χ1v) is 41.1. The smallest absolute Gasteiger partial charge is 0.0713 e. The number of hydrogen-bond donors (Lipinski definition) is 0. The van der Waals surface area contributed by atoms with E-state index in [9.17, 15) is 0 Å². The fraction of sp³-hybridized carbons (Fsp3) is 0.0609. The van der Waals surface area contributed by atoms with Crippen molar-refractivity contribution in [3.8, 4) is 33.4 Å². The average molecular weight is 1490 g/mol. The third-order valence-corrected chi connectivity index (χ3v) is 26.4. The van der Waals surface area contributed by atoms with E-state index in [0.29, 0.717) is 0 Å². The largest absolute Gasteiger partial charge is 0.309 e. The second-order valence-corrected chi connectivity index (χ2v) is 33.4. The molecule has 117 heavy (non-hydrogen) atoms. The van der Waals surface area contributed by atoms with Gasteiger partial charge in [-0.15, -0.1) is 0 Å². The Morgan fingerprint density at radius 2 is 0.410 bits per heavy atom. The van der Waals surface area contributed by atoms with Crippen molar-refractivity contribution in [1.82, 2.24) is 0 Å². The Hall–Kier alpha value is -14.4. The molecule has 0 amide bonds. The minimum absolute atomic E-state index is 0.307. The van der Waals surface area contributed by atoms with E-state index in [0.717, 1.165) is 45.3 Å². The fourth-order valence-electron chi connectivity index (χ4n) is 20.8. The summed E-state index contributed by atoms with van der Waals surface area (Å²) in [5.41, 5.74) is 28.3. The number of anilines is 6. The van der Waals surface area contributed by atoms with Gasteiger partial charge in [0.25, 0.3) is 0 Å². The van der Waals surface area contributed by atoms with Crippen molar-refractivity contribution in [3.05, 3.63) is 455 Å². The van der Waals surface area contributed by atoms with Crippen LogP contribution in [0.15, 0.2) is 388 Å². The molecular formula is C115H80N2. The maximum absolute atomic E-state index is 2.55. The number of hydrogen-bond acceptors (Lipinski definition) is 2. The Bertz CT molecular complexity index is 6950. The molecule has 0 bridgehead atoms. The first-order chi connectivity index (χ1) is 57.5. The first kappa shape index (κ1) is 68.2. The molecule has 0 spiro atoms. The van der Waals surface area contributed by atoms with Gasteiger partial charge in [-0.2, -0.15) is 0 Å². The predicted molar refractivity (Wildman–Crippen MR) is 499 cm³/mol. The Morgan fingerprint density at radius 3 is 0.701 bits per heavy atom. The SMILES string of the molecule is CC1(C)c2cc(/C=C/c3ccc4c(c3)C(c3ccccc3)(c3ccccc3)c3cc(/C=C/c5ccc6c(c5)C(C)(C)c5cc(N(c7cc8ccccc8c8ccccc78)c7cc8ccccc8c8ccccc78)ccc5-6)ccc3-4)ccc2-c2ccc(N(c3cc4ccccc4c4ccccc34)c3cc4ccccc4c4ccccc34)cc21. The van der Waals surface area contributed by atoms with E-state index in [1.165, 1.54) is 175 Å². The Labute approximate surface area is 682 Å². The second-order valence-electron chi connectivity index (χ2n) is 33.4. The van der Waals surface area contributed by atoms with Gasteiger partial charge in [0.05, 0.1) is 28.2 Å². The minimum Gasteiger partial charge on any atom is -0.309 e. The number of rotatable bonds is 12.